The third-order valence-corrected chi connectivity index (χ3v) is 4.46. The SMILES string of the molecule is C[C@@H](c1ccc(C(F)(F)F)cc1)N(C=O)[C@@H](C)c1ccc(C(F)(F)F)cc1. The number of amides is 1. The van der Waals surface area contributed by atoms with E-state index in [-0.39, 0.29) is 0 Å². The molecular weight excluding hydrogens is 372 g/mol. The summed E-state index contributed by atoms with van der Waals surface area (Å²) >= 11 is 0. The van der Waals surface area contributed by atoms with Crippen LogP contribution in [0.5, 0.6) is 0 Å². The van der Waals surface area contributed by atoms with Crippen molar-refractivity contribution in [1.29, 1.82) is 0 Å². The average Bonchev–Trinajstić information content (AvgIpc) is 2.61. The summed E-state index contributed by atoms with van der Waals surface area (Å²) in [6.07, 6.45) is -8.38. The van der Waals surface area contributed by atoms with Gasteiger partial charge >= 0.3 is 12.4 Å². The van der Waals surface area contributed by atoms with Crippen molar-refractivity contribution >= 4 is 6.41 Å². The number of nitrogens with zero attached hydrogens (tertiary/aromatic N) is 1. The molecule has 0 aliphatic rings. The molecule has 2 aromatic rings. The van der Waals surface area contributed by atoms with Crippen molar-refractivity contribution in [2.75, 3.05) is 0 Å². The van der Waals surface area contributed by atoms with Crippen molar-refractivity contribution in [2.24, 2.45) is 0 Å². The number of hydrogen-bond donors (Lipinski definition) is 0. The molecule has 27 heavy (non-hydrogen) atoms. The van der Waals surface area contributed by atoms with Crippen LogP contribution in [-0.2, 0) is 17.1 Å². The summed E-state index contributed by atoms with van der Waals surface area (Å²) in [6.45, 7) is 3.27. The highest BCUT2D eigenvalue weighted by Gasteiger charge is 2.32. The van der Waals surface area contributed by atoms with Crippen LogP contribution in [0.4, 0.5) is 26.3 Å². The van der Waals surface area contributed by atoms with Crippen LogP contribution in [0.2, 0.25) is 0 Å². The number of carbonyl (C=O) groups is 1. The number of halogens is 6. The zero-order valence-corrected chi connectivity index (χ0v) is 14.5. The van der Waals surface area contributed by atoms with Crippen LogP contribution in [-0.4, -0.2) is 11.3 Å². The first kappa shape index (κ1) is 20.8. The maximum absolute atomic E-state index is 12.7. The molecule has 0 fully saturated rings. The van der Waals surface area contributed by atoms with Crippen LogP contribution in [0.15, 0.2) is 48.5 Å². The summed E-state index contributed by atoms with van der Waals surface area (Å²) in [6, 6.07) is 7.70. The van der Waals surface area contributed by atoms with Crippen LogP contribution in [0.3, 0.4) is 0 Å². The van der Waals surface area contributed by atoms with E-state index in [2.05, 4.69) is 0 Å². The molecule has 1 amide bonds. The Bertz CT molecular complexity index is 701. The Morgan fingerprint density at radius 2 is 1.00 bits per heavy atom. The smallest absolute Gasteiger partial charge is 0.332 e. The van der Waals surface area contributed by atoms with Gasteiger partial charge in [-0.2, -0.15) is 26.3 Å². The van der Waals surface area contributed by atoms with Crippen LogP contribution in [0, 0.1) is 0 Å². The zero-order valence-electron chi connectivity index (χ0n) is 14.5. The Hall–Kier alpha value is -2.51. The van der Waals surface area contributed by atoms with Gasteiger partial charge in [0.1, 0.15) is 0 Å². The molecule has 8 heteroatoms. The highest BCUT2D eigenvalue weighted by molar-refractivity contribution is 5.50. The fourth-order valence-electron chi connectivity index (χ4n) is 2.76. The maximum Gasteiger partial charge on any atom is 0.416 e. The van der Waals surface area contributed by atoms with Gasteiger partial charge in [-0.05, 0) is 49.2 Å². The van der Waals surface area contributed by atoms with Gasteiger partial charge in [-0.1, -0.05) is 24.3 Å². The molecule has 0 saturated heterocycles. The van der Waals surface area contributed by atoms with E-state index in [9.17, 15) is 31.1 Å². The second-order valence-electron chi connectivity index (χ2n) is 6.14. The number of benzene rings is 2. The van der Waals surface area contributed by atoms with E-state index in [0.717, 1.165) is 24.3 Å². The van der Waals surface area contributed by atoms with Crippen molar-refractivity contribution in [3.8, 4) is 0 Å². The quantitative estimate of drug-likeness (QED) is 0.453. The molecule has 2 atom stereocenters. The predicted molar refractivity (Wildman–Crippen MR) is 87.6 cm³/mol. The van der Waals surface area contributed by atoms with Gasteiger partial charge in [0.15, 0.2) is 0 Å². The predicted octanol–water partition coefficient (Wildman–Crippen LogP) is 6.00. The molecule has 2 aromatic carbocycles. The molecule has 2 rings (SSSR count). The Morgan fingerprint density at radius 3 is 1.22 bits per heavy atom. The minimum atomic E-state index is -4.46. The van der Waals surface area contributed by atoms with Gasteiger partial charge in [-0.25, -0.2) is 0 Å². The van der Waals surface area contributed by atoms with E-state index in [1.807, 2.05) is 0 Å². The van der Waals surface area contributed by atoms with E-state index in [0.29, 0.717) is 17.5 Å². The average molecular weight is 389 g/mol. The molecule has 0 saturated carbocycles. The lowest BCUT2D eigenvalue weighted by atomic mass is 10.00. The lowest BCUT2D eigenvalue weighted by Crippen LogP contribution is -2.28. The fourth-order valence-corrected chi connectivity index (χ4v) is 2.76. The molecule has 0 spiro atoms. The second kappa shape index (κ2) is 7.62. The van der Waals surface area contributed by atoms with Gasteiger partial charge in [0.25, 0.3) is 0 Å². The molecule has 0 radical (unpaired) electrons. The lowest BCUT2D eigenvalue weighted by molar-refractivity contribution is -0.138. The molecule has 0 unspecified atom stereocenters. The summed E-state index contributed by atoms with van der Waals surface area (Å²) in [5.74, 6) is 0. The van der Waals surface area contributed by atoms with E-state index in [1.54, 1.807) is 13.8 Å². The van der Waals surface area contributed by atoms with Crippen molar-refractivity contribution < 1.29 is 31.1 Å². The number of rotatable bonds is 5. The molecule has 2 nitrogen and oxygen atoms in total. The number of hydrogen-bond acceptors (Lipinski definition) is 1. The van der Waals surface area contributed by atoms with E-state index >= 15 is 0 Å². The van der Waals surface area contributed by atoms with Crippen molar-refractivity contribution in [3.63, 3.8) is 0 Å². The van der Waals surface area contributed by atoms with Crippen LogP contribution in [0.1, 0.15) is 48.2 Å². The van der Waals surface area contributed by atoms with Crippen molar-refractivity contribution in [1.82, 2.24) is 4.90 Å². The van der Waals surface area contributed by atoms with Gasteiger partial charge in [-0.3, -0.25) is 4.79 Å². The number of alkyl halides is 6. The third kappa shape index (κ3) is 4.81. The summed E-state index contributed by atoms with van der Waals surface area (Å²) in [5, 5.41) is 0. The highest BCUT2D eigenvalue weighted by atomic mass is 19.4. The second-order valence-corrected chi connectivity index (χ2v) is 6.14. The summed E-state index contributed by atoms with van der Waals surface area (Å²) in [7, 11) is 0. The zero-order chi connectivity index (χ0) is 20.4. The Labute approximate surface area is 152 Å². The molecule has 0 bridgehead atoms. The lowest BCUT2D eigenvalue weighted by Gasteiger charge is -2.32. The first-order valence-corrected chi connectivity index (χ1v) is 8.02. The monoisotopic (exact) mass is 389 g/mol. The molecular formula is C19H17F6NO. The molecule has 0 N–H and O–H groups in total. The van der Waals surface area contributed by atoms with Gasteiger partial charge in [0.2, 0.25) is 6.41 Å². The summed E-state index contributed by atoms with van der Waals surface area (Å²) in [4.78, 5) is 12.9. The van der Waals surface area contributed by atoms with Crippen LogP contribution >= 0.6 is 0 Å². The minimum Gasteiger partial charge on any atom is -0.332 e. The molecule has 0 aliphatic heterocycles. The third-order valence-electron chi connectivity index (χ3n) is 4.46. The minimum absolute atomic E-state index is 0.480. The fraction of sp³-hybridized carbons (Fsp3) is 0.316. The number of carbonyl (C=O) groups excluding carboxylic acids is 1. The van der Waals surface area contributed by atoms with Gasteiger partial charge in [0.05, 0.1) is 23.2 Å². The first-order chi connectivity index (χ1) is 12.4. The first-order valence-electron chi connectivity index (χ1n) is 8.02. The highest BCUT2D eigenvalue weighted by Crippen LogP contribution is 2.34. The maximum atomic E-state index is 12.7. The van der Waals surface area contributed by atoms with E-state index < -0.39 is 35.6 Å². The van der Waals surface area contributed by atoms with Crippen LogP contribution < -0.4 is 0 Å². The van der Waals surface area contributed by atoms with E-state index in [4.69, 9.17) is 0 Å². The molecule has 146 valence electrons. The Balaban J connectivity index is 2.23. The summed E-state index contributed by atoms with van der Waals surface area (Å²) < 4.78 is 76.0. The van der Waals surface area contributed by atoms with Gasteiger partial charge < -0.3 is 4.90 Å². The Kier molecular flexibility index (Phi) is 5.87. The van der Waals surface area contributed by atoms with Gasteiger partial charge in [0, 0.05) is 0 Å². The molecule has 0 heterocycles. The van der Waals surface area contributed by atoms with E-state index in [1.165, 1.54) is 29.2 Å². The largest absolute Gasteiger partial charge is 0.416 e. The summed E-state index contributed by atoms with van der Waals surface area (Å²) in [5.41, 5.74) is -0.637. The standard InChI is InChI=1S/C19H17F6NO/c1-12(14-3-7-16(8-4-14)18(20,21)22)26(11-27)13(2)15-5-9-17(10-6-15)19(23,24)25/h3-13H,1-2H3/t12-,13-/m0/s1. The Morgan fingerprint density at radius 1 is 0.704 bits per heavy atom. The molecule has 0 aliphatic carbocycles. The van der Waals surface area contributed by atoms with Crippen LogP contribution in [0.25, 0.3) is 0 Å². The van der Waals surface area contributed by atoms with Crippen molar-refractivity contribution in [2.45, 2.75) is 38.3 Å². The normalized spacial score (nSPS) is 14.5. The molecule has 0 aromatic heterocycles. The topological polar surface area (TPSA) is 20.3 Å². The van der Waals surface area contributed by atoms with Crippen molar-refractivity contribution in [3.05, 3.63) is 70.8 Å². The van der Waals surface area contributed by atoms with Gasteiger partial charge in [-0.15, -0.1) is 0 Å².